The lowest BCUT2D eigenvalue weighted by molar-refractivity contribution is 0.153. The van der Waals surface area contributed by atoms with Crippen molar-refractivity contribution in [1.29, 1.82) is 5.26 Å². The molecule has 0 saturated carbocycles. The second kappa shape index (κ2) is 3.56. The maximum Gasteiger partial charge on any atom is 0.169 e. The Morgan fingerprint density at radius 2 is 2.45 bits per heavy atom. The molecule has 1 heterocycles. The number of hydrogen-bond acceptors (Lipinski definition) is 3. The fourth-order valence-electron chi connectivity index (χ4n) is 0.694. The highest BCUT2D eigenvalue weighted by Crippen LogP contribution is 2.21. The highest BCUT2D eigenvalue weighted by Gasteiger charge is 2.10. The zero-order valence-corrected chi connectivity index (χ0v) is 7.21. The van der Waals surface area contributed by atoms with E-state index < -0.39 is 6.10 Å². The van der Waals surface area contributed by atoms with Gasteiger partial charge in [-0.05, 0) is 28.1 Å². The Kier molecular flexibility index (Phi) is 2.69. The Morgan fingerprint density at radius 1 is 1.73 bits per heavy atom. The summed E-state index contributed by atoms with van der Waals surface area (Å²) < 4.78 is 5.57. The van der Waals surface area contributed by atoms with Crippen LogP contribution in [0.3, 0.4) is 0 Å². The van der Waals surface area contributed by atoms with Gasteiger partial charge in [0.1, 0.15) is 11.9 Å². The standard InChI is InChI=1S/C7H6BrNO2/c8-7-2-1-6(11-7)5(10)3-4-9/h1-2,5,10H,3H2. The number of nitrogens with zero attached hydrogens (tertiary/aromatic N) is 1. The van der Waals surface area contributed by atoms with E-state index in [0.29, 0.717) is 10.4 Å². The third-order valence-corrected chi connectivity index (χ3v) is 1.63. The number of halogens is 1. The summed E-state index contributed by atoms with van der Waals surface area (Å²) in [7, 11) is 0. The molecule has 0 aliphatic rings. The maximum absolute atomic E-state index is 9.20. The molecule has 11 heavy (non-hydrogen) atoms. The number of nitriles is 1. The molecular formula is C7H6BrNO2. The first-order chi connectivity index (χ1) is 5.24. The van der Waals surface area contributed by atoms with Gasteiger partial charge in [-0.15, -0.1) is 0 Å². The van der Waals surface area contributed by atoms with E-state index in [2.05, 4.69) is 15.9 Å². The van der Waals surface area contributed by atoms with Crippen LogP contribution in [0.5, 0.6) is 0 Å². The van der Waals surface area contributed by atoms with Gasteiger partial charge in [-0.1, -0.05) is 0 Å². The molecule has 1 N–H and O–H groups in total. The van der Waals surface area contributed by atoms with Crippen LogP contribution in [0.25, 0.3) is 0 Å². The predicted molar refractivity (Wildman–Crippen MR) is 41.6 cm³/mol. The van der Waals surface area contributed by atoms with E-state index in [-0.39, 0.29) is 6.42 Å². The topological polar surface area (TPSA) is 57.2 Å². The van der Waals surface area contributed by atoms with Crippen molar-refractivity contribution in [1.82, 2.24) is 0 Å². The van der Waals surface area contributed by atoms with Gasteiger partial charge in [0.2, 0.25) is 0 Å². The van der Waals surface area contributed by atoms with Crippen LogP contribution in [-0.4, -0.2) is 5.11 Å². The molecule has 0 radical (unpaired) electrons. The van der Waals surface area contributed by atoms with E-state index in [0.717, 1.165) is 0 Å². The second-order valence-corrected chi connectivity index (χ2v) is 2.80. The lowest BCUT2D eigenvalue weighted by Gasteiger charge is -1.99. The molecule has 0 aliphatic heterocycles. The van der Waals surface area contributed by atoms with Crippen LogP contribution in [0.1, 0.15) is 18.3 Å². The summed E-state index contributed by atoms with van der Waals surface area (Å²) in [6.45, 7) is 0. The van der Waals surface area contributed by atoms with E-state index in [4.69, 9.17) is 9.68 Å². The monoisotopic (exact) mass is 215 g/mol. The molecule has 0 aliphatic carbocycles. The number of furan rings is 1. The lowest BCUT2D eigenvalue weighted by atomic mass is 10.2. The zero-order valence-electron chi connectivity index (χ0n) is 5.62. The Bertz CT molecular complexity index is 276. The van der Waals surface area contributed by atoms with Gasteiger partial charge in [-0.3, -0.25) is 0 Å². The van der Waals surface area contributed by atoms with Crippen molar-refractivity contribution < 1.29 is 9.52 Å². The van der Waals surface area contributed by atoms with Crippen molar-refractivity contribution in [2.45, 2.75) is 12.5 Å². The van der Waals surface area contributed by atoms with Gasteiger partial charge >= 0.3 is 0 Å². The predicted octanol–water partition coefficient (Wildman–Crippen LogP) is 1.99. The van der Waals surface area contributed by atoms with E-state index in [9.17, 15) is 5.11 Å². The smallest absolute Gasteiger partial charge is 0.169 e. The van der Waals surface area contributed by atoms with Crippen molar-refractivity contribution in [3.05, 3.63) is 22.6 Å². The average molecular weight is 216 g/mol. The molecular weight excluding hydrogens is 210 g/mol. The lowest BCUT2D eigenvalue weighted by Crippen LogP contribution is -1.92. The van der Waals surface area contributed by atoms with Crippen LogP contribution >= 0.6 is 15.9 Å². The summed E-state index contributed by atoms with van der Waals surface area (Å²) in [5.41, 5.74) is 0. The molecule has 3 nitrogen and oxygen atoms in total. The minimum atomic E-state index is -0.814. The zero-order chi connectivity index (χ0) is 8.27. The molecule has 0 amide bonds. The van der Waals surface area contributed by atoms with E-state index in [1.807, 2.05) is 6.07 Å². The van der Waals surface area contributed by atoms with Crippen LogP contribution in [-0.2, 0) is 0 Å². The van der Waals surface area contributed by atoms with Gasteiger partial charge in [0.05, 0.1) is 12.5 Å². The number of aliphatic hydroxyl groups excluding tert-OH is 1. The number of hydrogen-bond donors (Lipinski definition) is 1. The van der Waals surface area contributed by atoms with Crippen molar-refractivity contribution in [3.8, 4) is 6.07 Å². The summed E-state index contributed by atoms with van der Waals surface area (Å²) in [6.07, 6.45) is -0.758. The van der Waals surface area contributed by atoms with Crippen molar-refractivity contribution in [3.63, 3.8) is 0 Å². The van der Waals surface area contributed by atoms with Gasteiger partial charge in [0.25, 0.3) is 0 Å². The van der Waals surface area contributed by atoms with E-state index in [1.54, 1.807) is 12.1 Å². The van der Waals surface area contributed by atoms with E-state index in [1.165, 1.54) is 0 Å². The highest BCUT2D eigenvalue weighted by atomic mass is 79.9. The van der Waals surface area contributed by atoms with Gasteiger partial charge in [0, 0.05) is 0 Å². The average Bonchev–Trinajstić information content (AvgIpc) is 2.36. The molecule has 4 heteroatoms. The number of aliphatic hydroxyl groups is 1. The van der Waals surface area contributed by atoms with Crippen molar-refractivity contribution in [2.75, 3.05) is 0 Å². The molecule has 1 aromatic heterocycles. The maximum atomic E-state index is 9.20. The molecule has 0 bridgehead atoms. The molecule has 0 aromatic carbocycles. The van der Waals surface area contributed by atoms with Crippen LogP contribution in [0.4, 0.5) is 0 Å². The first kappa shape index (κ1) is 8.31. The fraction of sp³-hybridized carbons (Fsp3) is 0.286. The Morgan fingerprint density at radius 3 is 2.91 bits per heavy atom. The fourth-order valence-corrected chi connectivity index (χ4v) is 1.01. The minimum Gasteiger partial charge on any atom is -0.452 e. The minimum absolute atomic E-state index is 0.0555. The van der Waals surface area contributed by atoms with Crippen molar-refractivity contribution in [2.24, 2.45) is 0 Å². The summed E-state index contributed by atoms with van der Waals surface area (Å²) in [6, 6.07) is 5.16. The molecule has 58 valence electrons. The summed E-state index contributed by atoms with van der Waals surface area (Å²) in [5.74, 6) is 0.415. The first-order valence-electron chi connectivity index (χ1n) is 3.04. The van der Waals surface area contributed by atoms with Crippen LogP contribution in [0.2, 0.25) is 0 Å². The third kappa shape index (κ3) is 2.07. The van der Waals surface area contributed by atoms with Gasteiger partial charge < -0.3 is 9.52 Å². The van der Waals surface area contributed by atoms with Crippen LogP contribution in [0.15, 0.2) is 21.2 Å². The molecule has 0 fully saturated rings. The molecule has 0 saturated heterocycles. The Labute approximate surface area is 72.4 Å². The Balaban J connectivity index is 2.70. The molecule has 1 unspecified atom stereocenters. The summed E-state index contributed by atoms with van der Waals surface area (Å²) in [4.78, 5) is 0. The largest absolute Gasteiger partial charge is 0.452 e. The number of rotatable bonds is 2. The summed E-state index contributed by atoms with van der Waals surface area (Å²) >= 11 is 3.09. The first-order valence-corrected chi connectivity index (χ1v) is 3.83. The normalized spacial score (nSPS) is 12.5. The molecule has 1 rings (SSSR count). The van der Waals surface area contributed by atoms with Gasteiger partial charge in [-0.2, -0.15) is 5.26 Å². The van der Waals surface area contributed by atoms with Gasteiger partial charge in [-0.25, -0.2) is 0 Å². The third-order valence-electron chi connectivity index (χ3n) is 1.21. The van der Waals surface area contributed by atoms with Crippen LogP contribution < -0.4 is 0 Å². The molecule has 0 spiro atoms. The summed E-state index contributed by atoms with van der Waals surface area (Å²) in [5, 5.41) is 17.4. The van der Waals surface area contributed by atoms with E-state index >= 15 is 0 Å². The second-order valence-electron chi connectivity index (χ2n) is 2.02. The highest BCUT2D eigenvalue weighted by molar-refractivity contribution is 9.10. The molecule has 1 atom stereocenters. The van der Waals surface area contributed by atoms with Crippen LogP contribution in [0, 0.1) is 11.3 Å². The van der Waals surface area contributed by atoms with Gasteiger partial charge in [0.15, 0.2) is 4.67 Å². The Hall–Kier alpha value is -0.790. The SMILES string of the molecule is N#CCC(O)c1ccc(Br)o1. The van der Waals surface area contributed by atoms with Crippen molar-refractivity contribution >= 4 is 15.9 Å². The molecule has 1 aromatic rings. The quantitative estimate of drug-likeness (QED) is 0.822.